The van der Waals surface area contributed by atoms with Gasteiger partial charge in [-0.2, -0.15) is 0 Å². The Balaban J connectivity index is 3.13. The lowest BCUT2D eigenvalue weighted by atomic mass is 10.1. The molecule has 0 N–H and O–H groups in total. The minimum absolute atomic E-state index is 0.170. The molecule has 0 spiro atoms. The van der Waals surface area contributed by atoms with Crippen LogP contribution in [-0.2, 0) is 0 Å². The predicted molar refractivity (Wildman–Crippen MR) is 49.7 cm³/mol. The van der Waals surface area contributed by atoms with E-state index in [1.54, 1.807) is 0 Å². The number of hydrogen-bond donors (Lipinski definition) is 0. The maximum Gasteiger partial charge on any atom is 0.573 e. The van der Waals surface area contributed by atoms with Gasteiger partial charge in [0.05, 0.1) is 12.7 Å². The molecule has 3 nitrogen and oxygen atoms in total. The Labute approximate surface area is 89.8 Å². The number of carbonyl (C=O) groups is 1. The number of halogens is 3. The summed E-state index contributed by atoms with van der Waals surface area (Å²) in [4.78, 5) is 11.1. The molecule has 0 aliphatic rings. The molecule has 0 atom stereocenters. The molecule has 0 radical (unpaired) electrons. The Hall–Kier alpha value is -1.72. The van der Waals surface area contributed by atoms with E-state index in [0.29, 0.717) is 5.75 Å². The zero-order chi connectivity index (χ0) is 12.3. The number of carbonyl (C=O) groups excluding carboxylic acids is 1. The van der Waals surface area contributed by atoms with Gasteiger partial charge in [0.1, 0.15) is 11.5 Å². The van der Waals surface area contributed by atoms with Crippen LogP contribution in [0.5, 0.6) is 11.5 Å². The highest BCUT2D eigenvalue weighted by Gasteiger charge is 2.32. The summed E-state index contributed by atoms with van der Waals surface area (Å²) < 4.78 is 44.5. The first kappa shape index (κ1) is 12.4. The van der Waals surface area contributed by atoms with Gasteiger partial charge < -0.3 is 9.47 Å². The molecular weight excluding hydrogens is 225 g/mol. The standard InChI is InChI=1S/C10H9F3O3/c1-6(14)8-5-7(15-2)3-4-9(8)16-10(11,12)13/h3-5H,1-2H3. The largest absolute Gasteiger partial charge is 0.573 e. The SMILES string of the molecule is COc1ccc(OC(F)(F)F)c(C(C)=O)c1. The summed E-state index contributed by atoms with van der Waals surface area (Å²) >= 11 is 0. The normalized spacial score (nSPS) is 11.1. The van der Waals surface area contributed by atoms with Gasteiger partial charge in [0, 0.05) is 0 Å². The summed E-state index contributed by atoms with van der Waals surface area (Å²) in [5.74, 6) is -0.765. The third kappa shape index (κ3) is 3.15. The smallest absolute Gasteiger partial charge is 0.497 e. The molecule has 16 heavy (non-hydrogen) atoms. The third-order valence-electron chi connectivity index (χ3n) is 1.79. The topological polar surface area (TPSA) is 35.5 Å². The summed E-state index contributed by atoms with van der Waals surface area (Å²) in [5.41, 5.74) is -0.170. The summed E-state index contributed by atoms with van der Waals surface area (Å²) in [7, 11) is 1.35. The van der Waals surface area contributed by atoms with Gasteiger partial charge in [0.2, 0.25) is 0 Å². The second-order valence-electron chi connectivity index (χ2n) is 2.97. The van der Waals surface area contributed by atoms with Gasteiger partial charge in [-0.1, -0.05) is 0 Å². The van der Waals surface area contributed by atoms with E-state index in [9.17, 15) is 18.0 Å². The van der Waals surface area contributed by atoms with Gasteiger partial charge in [0.25, 0.3) is 0 Å². The van der Waals surface area contributed by atoms with E-state index < -0.39 is 17.9 Å². The van der Waals surface area contributed by atoms with E-state index in [1.165, 1.54) is 19.2 Å². The fourth-order valence-corrected chi connectivity index (χ4v) is 1.12. The zero-order valence-electron chi connectivity index (χ0n) is 8.59. The van der Waals surface area contributed by atoms with Crippen molar-refractivity contribution in [2.75, 3.05) is 7.11 Å². The number of hydrogen-bond acceptors (Lipinski definition) is 3. The van der Waals surface area contributed by atoms with Crippen LogP contribution in [-0.4, -0.2) is 19.3 Å². The van der Waals surface area contributed by atoms with Crippen LogP contribution in [0.1, 0.15) is 17.3 Å². The van der Waals surface area contributed by atoms with E-state index in [4.69, 9.17) is 4.74 Å². The van der Waals surface area contributed by atoms with Crippen molar-refractivity contribution < 1.29 is 27.4 Å². The van der Waals surface area contributed by atoms with Crippen LogP contribution in [0.3, 0.4) is 0 Å². The molecule has 1 rings (SSSR count). The van der Waals surface area contributed by atoms with E-state index in [2.05, 4.69) is 4.74 Å². The van der Waals surface area contributed by atoms with Gasteiger partial charge >= 0.3 is 6.36 Å². The Morgan fingerprint density at radius 3 is 2.38 bits per heavy atom. The van der Waals surface area contributed by atoms with Crippen molar-refractivity contribution in [1.29, 1.82) is 0 Å². The van der Waals surface area contributed by atoms with E-state index >= 15 is 0 Å². The van der Waals surface area contributed by atoms with Crippen LogP contribution in [0.4, 0.5) is 13.2 Å². The molecule has 6 heteroatoms. The number of ketones is 1. The molecule has 0 bridgehead atoms. The molecule has 0 unspecified atom stereocenters. The van der Waals surface area contributed by atoms with E-state index in [1.807, 2.05) is 0 Å². The lowest BCUT2D eigenvalue weighted by Crippen LogP contribution is -2.18. The van der Waals surface area contributed by atoms with Gasteiger partial charge in [-0.3, -0.25) is 4.79 Å². The maximum atomic E-state index is 12.0. The lowest BCUT2D eigenvalue weighted by Gasteiger charge is -2.12. The Kier molecular flexibility index (Phi) is 3.41. The van der Waals surface area contributed by atoms with Gasteiger partial charge in [-0.25, -0.2) is 0 Å². The molecule has 0 aromatic heterocycles. The molecule has 1 aromatic rings. The van der Waals surface area contributed by atoms with Crippen molar-refractivity contribution in [2.45, 2.75) is 13.3 Å². The fraction of sp³-hybridized carbons (Fsp3) is 0.300. The van der Waals surface area contributed by atoms with Crippen molar-refractivity contribution >= 4 is 5.78 Å². The minimum atomic E-state index is -4.82. The van der Waals surface area contributed by atoms with Crippen LogP contribution in [0.15, 0.2) is 18.2 Å². The average molecular weight is 234 g/mol. The number of rotatable bonds is 3. The quantitative estimate of drug-likeness (QED) is 0.754. The average Bonchev–Trinajstić information content (AvgIpc) is 2.15. The Morgan fingerprint density at radius 2 is 1.94 bits per heavy atom. The number of methoxy groups -OCH3 is 1. The van der Waals surface area contributed by atoms with Crippen molar-refractivity contribution in [2.24, 2.45) is 0 Å². The molecule has 0 saturated carbocycles. The highest BCUT2D eigenvalue weighted by molar-refractivity contribution is 5.97. The zero-order valence-corrected chi connectivity index (χ0v) is 8.59. The first-order chi connectivity index (χ1) is 7.33. The van der Waals surface area contributed by atoms with E-state index in [0.717, 1.165) is 13.0 Å². The number of ether oxygens (including phenoxy) is 2. The van der Waals surface area contributed by atoms with Gasteiger partial charge in [0.15, 0.2) is 5.78 Å². The Bertz CT molecular complexity index is 399. The van der Waals surface area contributed by atoms with Crippen LogP contribution < -0.4 is 9.47 Å². The second kappa shape index (κ2) is 4.42. The van der Waals surface area contributed by atoms with Crippen molar-refractivity contribution in [3.05, 3.63) is 23.8 Å². The number of alkyl halides is 3. The highest BCUT2D eigenvalue weighted by atomic mass is 19.4. The second-order valence-corrected chi connectivity index (χ2v) is 2.97. The minimum Gasteiger partial charge on any atom is -0.497 e. The molecule has 0 fully saturated rings. The summed E-state index contributed by atoms with van der Waals surface area (Å²) in [5, 5.41) is 0. The van der Waals surface area contributed by atoms with Gasteiger partial charge in [-0.05, 0) is 25.1 Å². The molecule has 0 amide bonds. The van der Waals surface area contributed by atoms with E-state index in [-0.39, 0.29) is 5.56 Å². The number of benzene rings is 1. The Morgan fingerprint density at radius 1 is 1.31 bits per heavy atom. The fourth-order valence-electron chi connectivity index (χ4n) is 1.12. The predicted octanol–water partition coefficient (Wildman–Crippen LogP) is 2.80. The van der Waals surface area contributed by atoms with Crippen LogP contribution in [0, 0.1) is 0 Å². The first-order valence-electron chi connectivity index (χ1n) is 4.28. The molecule has 0 aliphatic heterocycles. The van der Waals surface area contributed by atoms with Crippen LogP contribution >= 0.6 is 0 Å². The van der Waals surface area contributed by atoms with Crippen molar-refractivity contribution in [1.82, 2.24) is 0 Å². The molecule has 88 valence electrons. The maximum absolute atomic E-state index is 12.0. The lowest BCUT2D eigenvalue weighted by molar-refractivity contribution is -0.274. The van der Waals surface area contributed by atoms with Crippen molar-refractivity contribution in [3.63, 3.8) is 0 Å². The molecular formula is C10H9F3O3. The summed E-state index contributed by atoms with van der Waals surface area (Å²) in [6.07, 6.45) is -4.82. The van der Waals surface area contributed by atoms with Crippen LogP contribution in [0.2, 0.25) is 0 Å². The summed E-state index contributed by atoms with van der Waals surface area (Å²) in [6, 6.07) is 3.53. The van der Waals surface area contributed by atoms with Gasteiger partial charge in [-0.15, -0.1) is 13.2 Å². The molecule has 0 heterocycles. The van der Waals surface area contributed by atoms with Crippen molar-refractivity contribution in [3.8, 4) is 11.5 Å². The molecule has 0 aliphatic carbocycles. The molecule has 1 aromatic carbocycles. The monoisotopic (exact) mass is 234 g/mol. The molecule has 0 saturated heterocycles. The highest BCUT2D eigenvalue weighted by Crippen LogP contribution is 2.29. The third-order valence-corrected chi connectivity index (χ3v) is 1.79. The number of Topliss-reactive ketones (excluding diaryl/α,β-unsaturated/α-hetero) is 1. The summed E-state index contributed by atoms with van der Waals surface area (Å²) in [6.45, 7) is 1.15. The van der Waals surface area contributed by atoms with Crippen LogP contribution in [0.25, 0.3) is 0 Å². The first-order valence-corrected chi connectivity index (χ1v) is 4.28.